The molecule has 0 saturated carbocycles. The number of unbranched alkanes of at least 4 members (excludes halogenated alkanes) is 1. The largest absolute Gasteiger partial charge is 0.330 e. The lowest BCUT2D eigenvalue weighted by Gasteiger charge is -2.19. The molecule has 1 aromatic carbocycles. The van der Waals surface area contributed by atoms with Gasteiger partial charge in [0.1, 0.15) is 0 Å². The highest BCUT2D eigenvalue weighted by atomic mass is 32.2. The van der Waals surface area contributed by atoms with E-state index in [1.54, 1.807) is 0 Å². The summed E-state index contributed by atoms with van der Waals surface area (Å²) in [5.74, 6) is 0. The molecule has 0 atom stereocenters. The Balaban J connectivity index is 1.82. The van der Waals surface area contributed by atoms with E-state index in [9.17, 15) is 0 Å². The maximum atomic E-state index is 5.54. The molecule has 1 heterocycles. The average Bonchev–Trinajstić information content (AvgIpc) is 2.45. The molecule has 0 spiro atoms. The van der Waals surface area contributed by atoms with E-state index in [1.165, 1.54) is 27.5 Å². The topological polar surface area (TPSA) is 38.4 Å². The van der Waals surface area contributed by atoms with Gasteiger partial charge >= 0.3 is 0 Å². The van der Waals surface area contributed by atoms with E-state index in [2.05, 4.69) is 36.4 Å². The fourth-order valence-electron chi connectivity index (χ4n) is 2.35. The van der Waals surface area contributed by atoms with E-state index in [4.69, 9.17) is 10.7 Å². The second-order valence-corrected chi connectivity index (χ2v) is 5.96. The van der Waals surface area contributed by atoms with Gasteiger partial charge in [0.2, 0.25) is 0 Å². The molecule has 98 valence electrons. The van der Waals surface area contributed by atoms with Crippen molar-refractivity contribution in [1.29, 1.82) is 0 Å². The van der Waals surface area contributed by atoms with Gasteiger partial charge in [-0.05, 0) is 49.6 Å². The molecule has 3 heteroatoms. The Morgan fingerprint density at radius 1 is 1.26 bits per heavy atom. The lowest BCUT2D eigenvalue weighted by atomic mass is 10.1. The van der Waals surface area contributed by atoms with E-state index >= 15 is 0 Å². The minimum absolute atomic E-state index is 0.784. The zero-order valence-corrected chi connectivity index (χ0v) is 11.7. The fourth-order valence-corrected chi connectivity index (χ4v) is 3.41. The summed E-state index contributed by atoms with van der Waals surface area (Å²) >= 11 is 1.85. The van der Waals surface area contributed by atoms with Crippen molar-refractivity contribution in [3.63, 3.8) is 0 Å². The zero-order chi connectivity index (χ0) is 13.1. The number of hydrogen-bond acceptors (Lipinski definition) is 3. The molecule has 0 radical (unpaired) electrons. The Bertz CT molecular complexity index is 570. The van der Waals surface area contributed by atoms with Crippen LogP contribution in [0.25, 0.3) is 0 Å². The van der Waals surface area contributed by atoms with Gasteiger partial charge in [0.15, 0.2) is 0 Å². The molecule has 0 bridgehead atoms. The first-order chi connectivity index (χ1) is 9.36. The maximum Gasteiger partial charge on any atom is 0.0773 e. The molecule has 1 aliphatic carbocycles. The van der Waals surface area contributed by atoms with Crippen LogP contribution >= 0.6 is 11.8 Å². The summed E-state index contributed by atoms with van der Waals surface area (Å²) in [6, 6.07) is 6.64. The third-order valence-electron chi connectivity index (χ3n) is 3.40. The smallest absolute Gasteiger partial charge is 0.0773 e. The molecule has 19 heavy (non-hydrogen) atoms. The van der Waals surface area contributed by atoms with Gasteiger partial charge in [0.25, 0.3) is 0 Å². The Morgan fingerprint density at radius 3 is 3.11 bits per heavy atom. The Hall–Kier alpha value is -1.32. The van der Waals surface area contributed by atoms with Gasteiger partial charge in [-0.25, -0.2) is 0 Å². The predicted octanol–water partition coefficient (Wildman–Crippen LogP) is 3.99. The normalized spacial score (nSPS) is 16.5. The fraction of sp³-hybridized carbons (Fsp3) is 0.312. The molecule has 0 amide bonds. The van der Waals surface area contributed by atoms with Gasteiger partial charge < -0.3 is 5.73 Å². The first-order valence-corrected chi connectivity index (χ1v) is 7.64. The second kappa shape index (κ2) is 5.76. The molecule has 0 aromatic heterocycles. The summed E-state index contributed by atoms with van der Waals surface area (Å²) in [5, 5.41) is 0. The number of hydrogen-bond donors (Lipinski definition) is 1. The monoisotopic (exact) mass is 270 g/mol. The van der Waals surface area contributed by atoms with Crippen molar-refractivity contribution in [3.8, 4) is 0 Å². The molecule has 2 N–H and O–H groups in total. The van der Waals surface area contributed by atoms with Crippen LogP contribution in [0.2, 0.25) is 0 Å². The van der Waals surface area contributed by atoms with Crippen molar-refractivity contribution < 1.29 is 0 Å². The van der Waals surface area contributed by atoms with Gasteiger partial charge in [-0.2, -0.15) is 0 Å². The van der Waals surface area contributed by atoms with E-state index in [-0.39, 0.29) is 0 Å². The van der Waals surface area contributed by atoms with Gasteiger partial charge in [-0.15, -0.1) is 0 Å². The van der Waals surface area contributed by atoms with Crippen LogP contribution in [-0.4, -0.2) is 12.3 Å². The van der Waals surface area contributed by atoms with Crippen molar-refractivity contribution in [2.75, 3.05) is 6.54 Å². The standard InChI is InChI=1S/C16H18N2S/c17-10-4-3-5-12-8-9-14-16(11-12)19-15-7-2-1-6-13(15)18-14/h1-2,7-9,11H,3-6,10,17H2. The number of allylic oxidation sites excluding steroid dienone is 4. The van der Waals surface area contributed by atoms with Gasteiger partial charge in [-0.3, -0.25) is 4.99 Å². The van der Waals surface area contributed by atoms with Gasteiger partial charge in [-0.1, -0.05) is 30.0 Å². The van der Waals surface area contributed by atoms with E-state index in [0.29, 0.717) is 0 Å². The minimum atomic E-state index is 0.784. The van der Waals surface area contributed by atoms with Crippen molar-refractivity contribution >= 4 is 23.2 Å². The second-order valence-electron chi connectivity index (χ2n) is 4.87. The van der Waals surface area contributed by atoms with Crippen LogP contribution in [0.3, 0.4) is 0 Å². The summed E-state index contributed by atoms with van der Waals surface area (Å²) in [6.45, 7) is 0.784. The summed E-state index contributed by atoms with van der Waals surface area (Å²) in [7, 11) is 0. The Morgan fingerprint density at radius 2 is 2.21 bits per heavy atom. The number of fused-ring (bicyclic) bond motifs is 2. The van der Waals surface area contributed by atoms with Crippen LogP contribution in [-0.2, 0) is 6.42 Å². The third kappa shape index (κ3) is 2.82. The molecular weight excluding hydrogens is 252 g/mol. The summed E-state index contributed by atoms with van der Waals surface area (Å²) in [4.78, 5) is 7.35. The molecule has 2 nitrogen and oxygen atoms in total. The van der Waals surface area contributed by atoms with Crippen LogP contribution in [0.15, 0.2) is 51.2 Å². The number of aryl methyl sites for hydroxylation is 1. The van der Waals surface area contributed by atoms with Crippen LogP contribution < -0.4 is 5.73 Å². The quantitative estimate of drug-likeness (QED) is 0.840. The SMILES string of the molecule is NCCCCc1ccc2c(c1)SC1=CC=CCC1=N2. The molecule has 0 saturated heterocycles. The molecular formula is C16H18N2S. The maximum absolute atomic E-state index is 5.54. The molecule has 1 aromatic rings. The number of thioether (sulfide) groups is 1. The lowest BCUT2D eigenvalue weighted by molar-refractivity contribution is 0.744. The Labute approximate surface area is 118 Å². The highest BCUT2D eigenvalue weighted by Crippen LogP contribution is 2.42. The van der Waals surface area contributed by atoms with Crippen molar-refractivity contribution in [3.05, 3.63) is 46.9 Å². The highest BCUT2D eigenvalue weighted by Gasteiger charge is 2.18. The number of nitrogens with zero attached hydrogens (tertiary/aromatic N) is 1. The summed E-state index contributed by atoms with van der Waals surface area (Å²) in [5.41, 5.74) is 9.26. The van der Waals surface area contributed by atoms with Crippen LogP contribution in [0.1, 0.15) is 24.8 Å². The van der Waals surface area contributed by atoms with Crippen molar-refractivity contribution in [1.82, 2.24) is 0 Å². The zero-order valence-electron chi connectivity index (χ0n) is 10.9. The highest BCUT2D eigenvalue weighted by molar-refractivity contribution is 8.04. The summed E-state index contributed by atoms with van der Waals surface area (Å²) in [6.07, 6.45) is 10.8. The number of benzene rings is 1. The summed E-state index contributed by atoms with van der Waals surface area (Å²) < 4.78 is 0. The van der Waals surface area contributed by atoms with E-state index in [0.717, 1.165) is 31.5 Å². The van der Waals surface area contributed by atoms with Gasteiger partial charge in [0.05, 0.1) is 11.4 Å². The predicted molar refractivity (Wildman–Crippen MR) is 83.2 cm³/mol. The van der Waals surface area contributed by atoms with Gasteiger partial charge in [0, 0.05) is 16.2 Å². The van der Waals surface area contributed by atoms with E-state index < -0.39 is 0 Å². The minimum Gasteiger partial charge on any atom is -0.330 e. The lowest BCUT2D eigenvalue weighted by Crippen LogP contribution is -2.05. The van der Waals surface area contributed by atoms with Crippen LogP contribution in [0.5, 0.6) is 0 Å². The molecule has 1 aliphatic heterocycles. The number of nitrogens with two attached hydrogens (primary N) is 1. The first kappa shape index (κ1) is 12.7. The molecule has 3 rings (SSSR count). The van der Waals surface area contributed by atoms with Crippen LogP contribution in [0.4, 0.5) is 5.69 Å². The Kier molecular flexibility index (Phi) is 3.85. The first-order valence-electron chi connectivity index (χ1n) is 6.82. The van der Waals surface area contributed by atoms with Crippen molar-refractivity contribution in [2.24, 2.45) is 10.7 Å². The molecule has 2 aliphatic rings. The molecule has 0 unspecified atom stereocenters. The third-order valence-corrected chi connectivity index (χ3v) is 4.54. The average molecular weight is 270 g/mol. The molecule has 0 fully saturated rings. The van der Waals surface area contributed by atoms with Crippen molar-refractivity contribution in [2.45, 2.75) is 30.6 Å². The van der Waals surface area contributed by atoms with E-state index in [1.807, 2.05) is 11.8 Å². The number of aliphatic imine (C=N–C) groups is 1. The van der Waals surface area contributed by atoms with Crippen LogP contribution in [0, 0.1) is 0 Å². The number of rotatable bonds is 4.